The first-order valence-corrected chi connectivity index (χ1v) is 23.9. The van der Waals surface area contributed by atoms with Crippen LogP contribution in [0.3, 0.4) is 0 Å². The topological polar surface area (TPSA) is 180 Å². The number of hydrogen-bond acceptors (Lipinski definition) is 9. The predicted molar refractivity (Wildman–Crippen MR) is 225 cm³/mol. The molecule has 0 aliphatic carbocycles. The Labute approximate surface area is 389 Å². The van der Waals surface area contributed by atoms with Crippen LogP contribution in [0.15, 0.2) is 58.3 Å². The second kappa shape index (κ2) is 19.5. The quantitative estimate of drug-likeness (QED) is 0.187. The third-order valence-electron chi connectivity index (χ3n) is 11.4. The molecule has 27 heteroatoms. The van der Waals surface area contributed by atoms with Gasteiger partial charge >= 0.3 is 18.3 Å². The number of carbonyl (C=O) groups excluding carboxylic acids is 1. The Hall–Kier alpha value is -3.68. The van der Waals surface area contributed by atoms with E-state index in [2.05, 4.69) is 15.5 Å². The molecule has 65 heavy (non-hydrogen) atoms. The van der Waals surface area contributed by atoms with E-state index in [1.54, 1.807) is 33.5 Å². The Bertz CT molecular complexity index is 2610. The highest BCUT2D eigenvalue weighted by Gasteiger charge is 2.46. The molecule has 2 aromatic carbocycles. The Morgan fingerprint density at radius 2 is 0.985 bits per heavy atom. The molecule has 2 aromatic heterocycles. The monoisotopic (exact) mass is 1040 g/mol. The molecule has 4 atom stereocenters. The number of nitrogens with zero attached hydrogens (tertiary/aromatic N) is 7. The SMILES string of the molecule is Cc1c(Cl)c(C(F)(F)F)nn1CC(=O)N1CC2CN(S(=O)(=O)c3ccc(Cl)cc3)CC2C1.Cc1c(Cl)c(C(F)(F)F)nn1CC(=O)O.O=S(=O)(c1ccc(Cl)cc1)N1CC2CNCC2C1. The number of amides is 1. The maximum atomic E-state index is 13.0. The van der Waals surface area contributed by atoms with E-state index in [1.807, 2.05) is 0 Å². The normalized spacial score (nSPS) is 21.4. The minimum absolute atomic E-state index is 0.0219. The summed E-state index contributed by atoms with van der Waals surface area (Å²) in [6, 6.07) is 12.3. The fraction of sp³-hybridized carbons (Fsp3) is 0.474. The van der Waals surface area contributed by atoms with Gasteiger partial charge in [-0.3, -0.25) is 19.0 Å². The van der Waals surface area contributed by atoms with Crippen LogP contribution in [0.4, 0.5) is 26.3 Å². The summed E-state index contributed by atoms with van der Waals surface area (Å²) < 4.78 is 131. The van der Waals surface area contributed by atoms with Crippen LogP contribution in [0.1, 0.15) is 22.8 Å². The molecule has 4 aliphatic heterocycles. The van der Waals surface area contributed by atoms with Crippen molar-refractivity contribution in [2.45, 2.75) is 49.1 Å². The smallest absolute Gasteiger partial charge is 0.436 e. The summed E-state index contributed by atoms with van der Waals surface area (Å²) in [5.41, 5.74) is -2.44. The summed E-state index contributed by atoms with van der Waals surface area (Å²) in [5.74, 6) is -0.837. The van der Waals surface area contributed by atoms with Gasteiger partial charge in [-0.2, -0.15) is 45.2 Å². The fourth-order valence-electron chi connectivity index (χ4n) is 7.94. The number of alkyl halides is 6. The van der Waals surface area contributed by atoms with Crippen LogP contribution in [-0.2, 0) is 55.1 Å². The number of sulfonamides is 2. The number of carboxylic acid groups (broad SMARTS) is 1. The molecular formula is C38H40Cl4F6N8O7S2. The Morgan fingerprint density at radius 3 is 1.32 bits per heavy atom. The molecule has 4 saturated heterocycles. The lowest BCUT2D eigenvalue weighted by Crippen LogP contribution is -2.37. The summed E-state index contributed by atoms with van der Waals surface area (Å²) in [6.07, 6.45) is -9.38. The number of halogens is 10. The van der Waals surface area contributed by atoms with Crippen LogP contribution in [0, 0.1) is 37.5 Å². The minimum atomic E-state index is -4.71. The maximum Gasteiger partial charge on any atom is 0.436 e. The van der Waals surface area contributed by atoms with Gasteiger partial charge < -0.3 is 15.3 Å². The number of rotatable bonds is 8. The van der Waals surface area contributed by atoms with Crippen molar-refractivity contribution in [3.63, 3.8) is 0 Å². The van der Waals surface area contributed by atoms with Crippen molar-refractivity contribution >= 4 is 78.3 Å². The van der Waals surface area contributed by atoms with E-state index in [1.165, 1.54) is 42.4 Å². The average Bonchev–Trinajstić information content (AvgIpc) is 4.07. The highest BCUT2D eigenvalue weighted by Crippen LogP contribution is 2.38. The average molecular weight is 1040 g/mol. The van der Waals surface area contributed by atoms with Gasteiger partial charge in [0.2, 0.25) is 26.0 Å². The Balaban J connectivity index is 0.000000179. The number of aromatic nitrogens is 4. The second-order valence-electron chi connectivity index (χ2n) is 15.7. The van der Waals surface area contributed by atoms with Crippen molar-refractivity contribution < 1.29 is 57.9 Å². The molecule has 4 fully saturated rings. The van der Waals surface area contributed by atoms with Crippen molar-refractivity contribution in [3.8, 4) is 0 Å². The number of nitrogens with one attached hydrogen (secondary N) is 1. The lowest BCUT2D eigenvalue weighted by atomic mass is 10.0. The number of carbonyl (C=O) groups is 2. The van der Waals surface area contributed by atoms with Gasteiger partial charge in [-0.25, -0.2) is 16.8 Å². The van der Waals surface area contributed by atoms with Gasteiger partial charge in [-0.1, -0.05) is 46.4 Å². The van der Waals surface area contributed by atoms with E-state index in [-0.39, 0.29) is 53.7 Å². The molecule has 15 nitrogen and oxygen atoms in total. The summed E-state index contributed by atoms with van der Waals surface area (Å²) in [7, 11) is -7.02. The first kappa shape index (κ1) is 50.7. The summed E-state index contributed by atoms with van der Waals surface area (Å²) in [5, 5.41) is 18.2. The highest BCUT2D eigenvalue weighted by molar-refractivity contribution is 7.89. The zero-order valence-corrected chi connectivity index (χ0v) is 38.8. The van der Waals surface area contributed by atoms with Gasteiger partial charge in [0.1, 0.15) is 13.1 Å². The van der Waals surface area contributed by atoms with Gasteiger partial charge in [0.25, 0.3) is 0 Å². The molecule has 4 unspecified atom stereocenters. The molecule has 8 rings (SSSR count). The summed E-state index contributed by atoms with van der Waals surface area (Å²) in [4.78, 5) is 25.0. The molecule has 0 spiro atoms. The second-order valence-corrected chi connectivity index (χ2v) is 21.3. The van der Waals surface area contributed by atoms with E-state index < -0.39 is 66.3 Å². The minimum Gasteiger partial charge on any atom is -0.480 e. The standard InChI is InChI=1S/C19H19Cl2F3N4O3S.C12H15ClN2O2S.C7H6ClF3N2O2/c1-11-17(21)18(19(22,23)24)25-28(11)10-16(29)26-6-12-8-27(9-13(12)7-26)32(30,31)15-4-2-14(20)3-5-15;13-11-1-3-12(4-2-11)18(16,17)15-7-9-5-14-6-10(9)8-15;1-3-5(8)6(7(9,10)11)12-13(3)2-4(14)15/h2-5,12-13H,6-10H2,1H3;1-4,9-10,14H,5-8H2;2H2,1H3,(H,14,15). The van der Waals surface area contributed by atoms with E-state index in [4.69, 9.17) is 51.5 Å². The van der Waals surface area contributed by atoms with Crippen LogP contribution in [-0.4, -0.2) is 119 Å². The first-order chi connectivity index (χ1) is 30.2. The van der Waals surface area contributed by atoms with Crippen molar-refractivity contribution in [2.75, 3.05) is 52.4 Å². The van der Waals surface area contributed by atoms with Crippen LogP contribution < -0.4 is 5.32 Å². The Kier molecular flexibility index (Phi) is 15.2. The van der Waals surface area contributed by atoms with E-state index in [9.17, 15) is 52.8 Å². The van der Waals surface area contributed by atoms with Crippen LogP contribution in [0.2, 0.25) is 20.1 Å². The van der Waals surface area contributed by atoms with E-state index in [0.717, 1.165) is 17.8 Å². The van der Waals surface area contributed by atoms with Crippen molar-refractivity contribution in [1.82, 2.24) is 38.4 Å². The lowest BCUT2D eigenvalue weighted by molar-refractivity contribution is -0.143. The highest BCUT2D eigenvalue weighted by atomic mass is 35.5. The molecule has 1 amide bonds. The third kappa shape index (κ3) is 11.4. The van der Waals surface area contributed by atoms with E-state index >= 15 is 0 Å². The lowest BCUT2D eigenvalue weighted by Gasteiger charge is -2.22. The molecule has 0 saturated carbocycles. The zero-order valence-electron chi connectivity index (χ0n) is 34.1. The third-order valence-corrected chi connectivity index (χ3v) is 16.5. The number of likely N-dealkylation sites (tertiary alicyclic amines) is 1. The maximum absolute atomic E-state index is 13.0. The van der Waals surface area contributed by atoms with Gasteiger partial charge in [0.05, 0.1) is 31.2 Å². The number of aliphatic carboxylic acids is 1. The van der Waals surface area contributed by atoms with Crippen LogP contribution in [0.25, 0.3) is 0 Å². The van der Waals surface area contributed by atoms with Crippen LogP contribution >= 0.6 is 46.4 Å². The van der Waals surface area contributed by atoms with Crippen molar-refractivity contribution in [3.05, 3.63) is 91.4 Å². The molecule has 4 aromatic rings. The van der Waals surface area contributed by atoms with Gasteiger partial charge in [0, 0.05) is 49.3 Å². The molecule has 6 heterocycles. The van der Waals surface area contributed by atoms with Crippen molar-refractivity contribution in [2.24, 2.45) is 23.7 Å². The molecule has 0 radical (unpaired) electrons. The molecule has 4 aliphatic rings. The molecule has 0 bridgehead atoms. The van der Waals surface area contributed by atoms with Gasteiger partial charge in [-0.15, -0.1) is 0 Å². The van der Waals surface area contributed by atoms with Gasteiger partial charge in [-0.05, 0) is 99.1 Å². The van der Waals surface area contributed by atoms with E-state index in [0.29, 0.717) is 57.6 Å². The number of benzene rings is 2. The fourth-order valence-corrected chi connectivity index (χ4v) is 11.8. The van der Waals surface area contributed by atoms with Gasteiger partial charge in [0.15, 0.2) is 11.4 Å². The largest absolute Gasteiger partial charge is 0.480 e. The zero-order chi connectivity index (χ0) is 48.0. The summed E-state index contributed by atoms with van der Waals surface area (Å²) >= 11 is 22.7. The van der Waals surface area contributed by atoms with Crippen LogP contribution in [0.5, 0.6) is 0 Å². The van der Waals surface area contributed by atoms with Crippen molar-refractivity contribution in [1.29, 1.82) is 0 Å². The first-order valence-electron chi connectivity index (χ1n) is 19.5. The molecule has 2 N–H and O–H groups in total. The Morgan fingerprint density at radius 1 is 0.631 bits per heavy atom. The predicted octanol–water partition coefficient (Wildman–Crippen LogP) is 6.42. The molecular weight excluding hydrogens is 1000 g/mol. The molecule has 356 valence electrons. The number of carboxylic acids is 1. The number of hydrogen-bond donors (Lipinski definition) is 2. The number of fused-ring (bicyclic) bond motifs is 2. The summed E-state index contributed by atoms with van der Waals surface area (Å²) in [6.45, 7) is 5.93.